The normalized spacial score (nSPS) is 11.3. The lowest BCUT2D eigenvalue weighted by atomic mass is 9.89. The van der Waals surface area contributed by atoms with Gasteiger partial charge in [-0.25, -0.2) is 9.97 Å². The zero-order valence-electron chi connectivity index (χ0n) is 32.5. The lowest BCUT2D eigenvalue weighted by Gasteiger charge is -2.15. The Morgan fingerprint density at radius 1 is 0.317 bits per heavy atom. The van der Waals surface area contributed by atoms with Gasteiger partial charge in [0, 0.05) is 16.7 Å². The fourth-order valence-electron chi connectivity index (χ4n) is 8.74. The first-order chi connectivity index (χ1) is 29.7. The first-order valence-corrected chi connectivity index (χ1v) is 20.2. The topological polar surface area (TPSA) is 49.6 Å². The smallest absolute Gasteiger partial charge is 0.160 e. The van der Waals surface area contributed by atoms with E-state index in [9.17, 15) is 5.26 Å². The van der Waals surface area contributed by atoms with E-state index in [1.165, 1.54) is 54.6 Å². The van der Waals surface area contributed by atoms with Crippen LogP contribution in [0.4, 0.5) is 0 Å². The van der Waals surface area contributed by atoms with Gasteiger partial charge in [0.1, 0.15) is 0 Å². The van der Waals surface area contributed by atoms with E-state index in [4.69, 9.17) is 9.97 Å². The fraction of sp³-hybridized carbons (Fsp3) is 0. The maximum absolute atomic E-state index is 9.40. The first kappa shape index (κ1) is 35.0. The van der Waals surface area contributed by atoms with Crippen LogP contribution in [0.2, 0.25) is 0 Å². The van der Waals surface area contributed by atoms with Gasteiger partial charge in [-0.05, 0) is 101 Å². The zero-order chi connectivity index (χ0) is 40.0. The zero-order valence-corrected chi connectivity index (χ0v) is 32.5. The van der Waals surface area contributed by atoms with Crippen molar-refractivity contribution in [2.75, 3.05) is 0 Å². The summed E-state index contributed by atoms with van der Waals surface area (Å²) in [5, 5.41) is 19.3. The maximum Gasteiger partial charge on any atom is 0.160 e. The average Bonchev–Trinajstić information content (AvgIpc) is 3.33. The summed E-state index contributed by atoms with van der Waals surface area (Å²) in [5.74, 6) is 0.656. The summed E-state index contributed by atoms with van der Waals surface area (Å²) in [7, 11) is 0. The third-order valence-corrected chi connectivity index (χ3v) is 11.7. The quantitative estimate of drug-likeness (QED) is 0.125. The third-order valence-electron chi connectivity index (χ3n) is 11.7. The van der Waals surface area contributed by atoms with E-state index in [-0.39, 0.29) is 0 Å². The average molecular weight is 762 g/mol. The minimum absolute atomic E-state index is 0.614. The molecule has 0 aliphatic carbocycles. The van der Waals surface area contributed by atoms with Crippen LogP contribution in [0.1, 0.15) is 5.56 Å². The Kier molecular flexibility index (Phi) is 8.54. The molecule has 0 N–H and O–H groups in total. The Balaban J connectivity index is 0.951. The number of fused-ring (bicyclic) bond motifs is 5. The van der Waals surface area contributed by atoms with Crippen molar-refractivity contribution in [3.05, 3.63) is 218 Å². The highest BCUT2D eigenvalue weighted by atomic mass is 14.9. The van der Waals surface area contributed by atoms with E-state index in [0.717, 1.165) is 50.0 Å². The van der Waals surface area contributed by atoms with E-state index in [1.807, 2.05) is 54.6 Å². The molecule has 0 unspecified atom stereocenters. The van der Waals surface area contributed by atoms with Gasteiger partial charge in [0.25, 0.3) is 0 Å². The van der Waals surface area contributed by atoms with Gasteiger partial charge >= 0.3 is 0 Å². The number of aromatic nitrogens is 2. The second kappa shape index (κ2) is 14.6. The maximum atomic E-state index is 9.40. The monoisotopic (exact) mass is 761 g/mol. The van der Waals surface area contributed by atoms with Crippen LogP contribution in [-0.2, 0) is 0 Å². The van der Waals surface area contributed by atoms with Crippen LogP contribution in [0.3, 0.4) is 0 Å². The molecule has 0 aliphatic heterocycles. The minimum atomic E-state index is 0.614. The van der Waals surface area contributed by atoms with Crippen molar-refractivity contribution < 1.29 is 0 Å². The van der Waals surface area contributed by atoms with Crippen molar-refractivity contribution >= 4 is 43.1 Å². The Hall–Kier alpha value is -8.19. The molecule has 1 heterocycles. The van der Waals surface area contributed by atoms with Gasteiger partial charge < -0.3 is 0 Å². The molecule has 1 aromatic heterocycles. The van der Waals surface area contributed by atoms with Crippen LogP contribution in [0.25, 0.3) is 110 Å². The molecule has 60 heavy (non-hydrogen) atoms. The fourth-order valence-corrected chi connectivity index (χ4v) is 8.74. The summed E-state index contributed by atoms with van der Waals surface area (Å²) >= 11 is 0. The van der Waals surface area contributed by atoms with Crippen molar-refractivity contribution in [1.82, 2.24) is 9.97 Å². The van der Waals surface area contributed by atoms with Gasteiger partial charge in [0.2, 0.25) is 0 Å². The summed E-state index contributed by atoms with van der Waals surface area (Å²) in [6.45, 7) is 0. The molecule has 0 amide bonds. The van der Waals surface area contributed by atoms with Crippen molar-refractivity contribution in [2.45, 2.75) is 0 Å². The molecule has 3 nitrogen and oxygen atoms in total. The molecule has 0 spiro atoms. The number of nitrogens with zero attached hydrogens (tertiary/aromatic N) is 3. The Bertz CT molecular complexity index is 3450. The van der Waals surface area contributed by atoms with Crippen molar-refractivity contribution in [3.63, 3.8) is 0 Å². The first-order valence-electron chi connectivity index (χ1n) is 20.2. The molecule has 11 aromatic rings. The second-order valence-electron chi connectivity index (χ2n) is 15.2. The van der Waals surface area contributed by atoms with Crippen LogP contribution in [-0.4, -0.2) is 9.97 Å². The van der Waals surface area contributed by atoms with Gasteiger partial charge in [-0.3, -0.25) is 0 Å². The molecule has 278 valence electrons. The van der Waals surface area contributed by atoms with Gasteiger partial charge in [-0.15, -0.1) is 0 Å². The minimum Gasteiger partial charge on any atom is -0.228 e. The van der Waals surface area contributed by atoms with E-state index < -0.39 is 0 Å². The van der Waals surface area contributed by atoms with E-state index in [2.05, 4.69) is 164 Å². The van der Waals surface area contributed by atoms with Crippen LogP contribution in [0, 0.1) is 11.3 Å². The molecule has 0 saturated carbocycles. The SMILES string of the molecule is N#Cc1ccc(-c2cc(-c3ccc(-c4ccc(-c5ccc(-c6c7ccccc7cc7c6ccc6ccccc67)cc5)cc4)c4ccccc34)nc(-c3ccccc3)n2)cc1. The Morgan fingerprint density at radius 2 is 0.867 bits per heavy atom. The predicted octanol–water partition coefficient (Wildman–Crippen LogP) is 15.0. The highest BCUT2D eigenvalue weighted by Crippen LogP contribution is 2.41. The summed E-state index contributed by atoms with van der Waals surface area (Å²) in [6.07, 6.45) is 0. The highest BCUT2D eigenvalue weighted by Gasteiger charge is 2.16. The Labute approximate surface area is 348 Å². The van der Waals surface area contributed by atoms with Crippen LogP contribution < -0.4 is 0 Å². The molecule has 0 radical (unpaired) electrons. The third kappa shape index (κ3) is 6.16. The number of hydrogen-bond donors (Lipinski definition) is 0. The predicted molar refractivity (Wildman–Crippen MR) is 249 cm³/mol. The summed E-state index contributed by atoms with van der Waals surface area (Å²) < 4.78 is 0. The number of rotatable bonds is 6. The standard InChI is InChI=1S/C57H35N3/c58-36-37-18-20-42(21-19-37)54-35-55(60-57(59-54)44-11-2-1-3-12-44)51-33-32-47(49-16-8-9-17-50(49)51)41-26-22-38(23-27-41)39-24-28-43(29-25-39)56-48-15-7-5-13-45(48)34-53-46-14-6-4-10-40(46)30-31-52(53)56/h1-35H. The van der Waals surface area contributed by atoms with Crippen molar-refractivity contribution in [1.29, 1.82) is 5.26 Å². The molecule has 0 fully saturated rings. The summed E-state index contributed by atoms with van der Waals surface area (Å²) in [5.41, 5.74) is 12.3. The lowest BCUT2D eigenvalue weighted by Crippen LogP contribution is -1.96. The van der Waals surface area contributed by atoms with Gasteiger partial charge in [-0.1, -0.05) is 188 Å². The molecule has 10 aromatic carbocycles. The molecular weight excluding hydrogens is 727 g/mol. The van der Waals surface area contributed by atoms with Crippen molar-refractivity contribution in [2.24, 2.45) is 0 Å². The van der Waals surface area contributed by atoms with Crippen LogP contribution >= 0.6 is 0 Å². The molecule has 0 atom stereocenters. The second-order valence-corrected chi connectivity index (χ2v) is 15.2. The molecule has 0 saturated heterocycles. The van der Waals surface area contributed by atoms with E-state index >= 15 is 0 Å². The number of nitriles is 1. The van der Waals surface area contributed by atoms with E-state index in [0.29, 0.717) is 11.4 Å². The Morgan fingerprint density at radius 3 is 1.58 bits per heavy atom. The largest absolute Gasteiger partial charge is 0.228 e. The summed E-state index contributed by atoms with van der Waals surface area (Å²) in [6, 6.07) is 77.1. The van der Waals surface area contributed by atoms with E-state index in [1.54, 1.807) is 0 Å². The van der Waals surface area contributed by atoms with Crippen LogP contribution in [0.5, 0.6) is 0 Å². The lowest BCUT2D eigenvalue weighted by molar-refractivity contribution is 1.18. The van der Waals surface area contributed by atoms with Gasteiger partial charge in [0.15, 0.2) is 5.82 Å². The molecular formula is C57H35N3. The van der Waals surface area contributed by atoms with Gasteiger partial charge in [-0.2, -0.15) is 5.26 Å². The number of benzene rings is 10. The highest BCUT2D eigenvalue weighted by molar-refractivity contribution is 6.20. The molecule has 3 heteroatoms. The molecule has 0 bridgehead atoms. The van der Waals surface area contributed by atoms with Crippen molar-refractivity contribution in [3.8, 4) is 73.4 Å². The molecule has 0 aliphatic rings. The number of hydrogen-bond acceptors (Lipinski definition) is 3. The summed E-state index contributed by atoms with van der Waals surface area (Å²) in [4.78, 5) is 10.1. The van der Waals surface area contributed by atoms with Crippen LogP contribution in [0.15, 0.2) is 212 Å². The molecule has 11 rings (SSSR count). The van der Waals surface area contributed by atoms with Gasteiger partial charge in [0.05, 0.1) is 23.0 Å².